The van der Waals surface area contributed by atoms with Gasteiger partial charge in [0.25, 0.3) is 0 Å². The molecule has 0 aromatic carbocycles. The molecule has 3 rings (SSSR count). The van der Waals surface area contributed by atoms with E-state index in [0.29, 0.717) is 6.04 Å². The van der Waals surface area contributed by atoms with E-state index >= 15 is 0 Å². The molecule has 116 valence electrons. The number of hydrogen-bond donors (Lipinski definition) is 2. The summed E-state index contributed by atoms with van der Waals surface area (Å²) in [4.78, 5) is 0. The molecular weight excluding hydrogens is 246 g/mol. The van der Waals surface area contributed by atoms with E-state index < -0.39 is 0 Å². The zero-order chi connectivity index (χ0) is 14.1. The Bertz CT molecular complexity index is 317. The molecule has 0 aromatic heterocycles. The van der Waals surface area contributed by atoms with Gasteiger partial charge in [-0.3, -0.25) is 0 Å². The number of rotatable bonds is 3. The molecule has 3 saturated carbocycles. The Morgan fingerprint density at radius 2 is 1.75 bits per heavy atom. The van der Waals surface area contributed by atoms with Gasteiger partial charge in [-0.1, -0.05) is 26.2 Å². The van der Waals surface area contributed by atoms with Crippen molar-refractivity contribution in [3.63, 3.8) is 0 Å². The largest absolute Gasteiger partial charge is 0.393 e. The molecule has 0 aliphatic heterocycles. The second kappa shape index (κ2) is 6.36. The fourth-order valence-corrected chi connectivity index (χ4v) is 5.88. The van der Waals surface area contributed by atoms with Crippen LogP contribution in [0, 0.1) is 29.6 Å². The summed E-state index contributed by atoms with van der Waals surface area (Å²) >= 11 is 0. The standard InChI is InChI=1S/C18H33NO/c1-2-5-18(19)17-10-12-8-9-13(20)11-16(12)14-6-3-4-7-15(14)17/h12-18,20H,2-11,19H2,1H3/t12?,13?,14?,15?,16?,17-,18?/m1/s1. The number of fused-ring (bicyclic) bond motifs is 3. The predicted molar refractivity (Wildman–Crippen MR) is 83.3 cm³/mol. The van der Waals surface area contributed by atoms with E-state index in [2.05, 4.69) is 6.92 Å². The molecule has 0 saturated heterocycles. The zero-order valence-electron chi connectivity index (χ0n) is 13.1. The van der Waals surface area contributed by atoms with E-state index in [1.54, 1.807) is 0 Å². The Hall–Kier alpha value is -0.0800. The van der Waals surface area contributed by atoms with E-state index in [1.165, 1.54) is 51.4 Å². The monoisotopic (exact) mass is 279 g/mol. The highest BCUT2D eigenvalue weighted by Gasteiger charge is 2.48. The molecule has 2 nitrogen and oxygen atoms in total. The topological polar surface area (TPSA) is 46.2 Å². The van der Waals surface area contributed by atoms with Crippen LogP contribution in [0.25, 0.3) is 0 Å². The normalized spacial score (nSPS) is 46.4. The van der Waals surface area contributed by atoms with Gasteiger partial charge in [-0.25, -0.2) is 0 Å². The molecule has 0 amide bonds. The number of aliphatic hydroxyl groups is 1. The molecule has 0 radical (unpaired) electrons. The first kappa shape index (κ1) is 14.8. The first-order valence-corrected chi connectivity index (χ1v) is 9.14. The van der Waals surface area contributed by atoms with Gasteiger partial charge in [0.2, 0.25) is 0 Å². The van der Waals surface area contributed by atoms with Gasteiger partial charge in [0.05, 0.1) is 6.10 Å². The predicted octanol–water partition coefficient (Wildman–Crippen LogP) is 3.72. The Kier molecular flexibility index (Phi) is 4.72. The highest BCUT2D eigenvalue weighted by molar-refractivity contribution is 4.98. The Morgan fingerprint density at radius 1 is 1.00 bits per heavy atom. The van der Waals surface area contributed by atoms with Gasteiger partial charge >= 0.3 is 0 Å². The van der Waals surface area contributed by atoms with Gasteiger partial charge in [0.15, 0.2) is 0 Å². The van der Waals surface area contributed by atoms with E-state index in [1.807, 2.05) is 0 Å². The van der Waals surface area contributed by atoms with Crippen molar-refractivity contribution in [2.24, 2.45) is 35.3 Å². The summed E-state index contributed by atoms with van der Waals surface area (Å²) < 4.78 is 0. The molecule has 7 atom stereocenters. The van der Waals surface area contributed by atoms with Crippen molar-refractivity contribution in [2.75, 3.05) is 0 Å². The molecule has 0 heterocycles. The molecule has 0 spiro atoms. The molecule has 0 aromatic rings. The number of nitrogens with two attached hydrogens (primary N) is 1. The fraction of sp³-hybridized carbons (Fsp3) is 1.00. The first-order valence-electron chi connectivity index (χ1n) is 9.14. The fourth-order valence-electron chi connectivity index (χ4n) is 5.88. The lowest BCUT2D eigenvalue weighted by atomic mass is 9.53. The Labute approximate surface area is 124 Å². The van der Waals surface area contributed by atoms with Crippen LogP contribution in [0.4, 0.5) is 0 Å². The molecule has 0 bridgehead atoms. The second-order valence-corrected chi connectivity index (χ2v) is 7.86. The molecule has 20 heavy (non-hydrogen) atoms. The molecule has 3 aliphatic rings. The average Bonchev–Trinajstić information content (AvgIpc) is 2.47. The van der Waals surface area contributed by atoms with Crippen LogP contribution in [-0.2, 0) is 0 Å². The summed E-state index contributed by atoms with van der Waals surface area (Å²) in [6.45, 7) is 2.26. The number of hydrogen-bond acceptors (Lipinski definition) is 2. The minimum atomic E-state index is -0.0142. The van der Waals surface area contributed by atoms with Gasteiger partial charge in [-0.05, 0) is 74.5 Å². The van der Waals surface area contributed by atoms with Crippen molar-refractivity contribution in [1.29, 1.82) is 0 Å². The quantitative estimate of drug-likeness (QED) is 0.827. The smallest absolute Gasteiger partial charge is 0.0543 e. The van der Waals surface area contributed by atoms with Crippen molar-refractivity contribution in [1.82, 2.24) is 0 Å². The lowest BCUT2D eigenvalue weighted by molar-refractivity contribution is -0.0547. The lowest BCUT2D eigenvalue weighted by Gasteiger charge is -2.53. The van der Waals surface area contributed by atoms with Crippen LogP contribution in [0.2, 0.25) is 0 Å². The van der Waals surface area contributed by atoms with Crippen molar-refractivity contribution in [3.8, 4) is 0 Å². The summed E-state index contributed by atoms with van der Waals surface area (Å²) in [6, 6.07) is 0.429. The van der Waals surface area contributed by atoms with Crippen LogP contribution in [0.5, 0.6) is 0 Å². The van der Waals surface area contributed by atoms with Crippen molar-refractivity contribution < 1.29 is 5.11 Å². The van der Waals surface area contributed by atoms with E-state index in [4.69, 9.17) is 5.73 Å². The van der Waals surface area contributed by atoms with Crippen LogP contribution in [-0.4, -0.2) is 17.3 Å². The van der Waals surface area contributed by atoms with E-state index in [0.717, 1.165) is 42.4 Å². The molecule has 3 aliphatic carbocycles. The molecule has 3 N–H and O–H groups in total. The summed E-state index contributed by atoms with van der Waals surface area (Å²) in [5.41, 5.74) is 6.57. The van der Waals surface area contributed by atoms with Crippen molar-refractivity contribution >= 4 is 0 Å². The average molecular weight is 279 g/mol. The maximum Gasteiger partial charge on any atom is 0.0543 e. The molecular formula is C18H33NO. The van der Waals surface area contributed by atoms with Gasteiger partial charge in [-0.15, -0.1) is 0 Å². The van der Waals surface area contributed by atoms with Gasteiger partial charge in [0, 0.05) is 6.04 Å². The highest BCUT2D eigenvalue weighted by Crippen LogP contribution is 2.54. The maximum atomic E-state index is 10.1. The summed E-state index contributed by atoms with van der Waals surface area (Å²) in [5.74, 6) is 4.21. The second-order valence-electron chi connectivity index (χ2n) is 7.86. The van der Waals surface area contributed by atoms with Gasteiger partial charge < -0.3 is 10.8 Å². The SMILES string of the molecule is CCCC(N)[C@@H]1CC2CCC(O)CC2C2CCCCC21. The van der Waals surface area contributed by atoms with Crippen LogP contribution in [0.1, 0.15) is 71.1 Å². The molecule has 6 unspecified atom stereocenters. The summed E-state index contributed by atoms with van der Waals surface area (Å²) in [7, 11) is 0. The van der Waals surface area contributed by atoms with Crippen LogP contribution < -0.4 is 5.73 Å². The third kappa shape index (κ3) is 2.78. The van der Waals surface area contributed by atoms with Gasteiger partial charge in [-0.2, -0.15) is 0 Å². The van der Waals surface area contributed by atoms with Gasteiger partial charge in [0.1, 0.15) is 0 Å². The van der Waals surface area contributed by atoms with E-state index in [9.17, 15) is 5.11 Å². The molecule has 3 fully saturated rings. The zero-order valence-corrected chi connectivity index (χ0v) is 13.1. The number of aliphatic hydroxyl groups excluding tert-OH is 1. The third-order valence-corrected chi connectivity index (χ3v) is 6.74. The first-order chi connectivity index (χ1) is 9.70. The Balaban J connectivity index is 1.77. The van der Waals surface area contributed by atoms with Crippen molar-refractivity contribution in [2.45, 2.75) is 83.3 Å². The van der Waals surface area contributed by atoms with Crippen LogP contribution in [0.15, 0.2) is 0 Å². The Morgan fingerprint density at radius 3 is 2.50 bits per heavy atom. The van der Waals surface area contributed by atoms with Crippen molar-refractivity contribution in [3.05, 3.63) is 0 Å². The maximum absolute atomic E-state index is 10.1. The highest BCUT2D eigenvalue weighted by atomic mass is 16.3. The lowest BCUT2D eigenvalue weighted by Crippen LogP contribution is -2.50. The summed E-state index contributed by atoms with van der Waals surface area (Å²) in [5, 5.41) is 10.1. The molecule has 2 heteroatoms. The van der Waals surface area contributed by atoms with Crippen LogP contribution in [0.3, 0.4) is 0 Å². The third-order valence-electron chi connectivity index (χ3n) is 6.74. The summed E-state index contributed by atoms with van der Waals surface area (Å²) in [6.07, 6.45) is 12.8. The van der Waals surface area contributed by atoms with E-state index in [-0.39, 0.29) is 6.10 Å². The minimum Gasteiger partial charge on any atom is -0.393 e. The van der Waals surface area contributed by atoms with Crippen LogP contribution >= 0.6 is 0 Å². The minimum absolute atomic E-state index is 0.0142.